The molecule has 0 heterocycles. The van der Waals surface area contributed by atoms with Crippen LogP contribution in [0.5, 0.6) is 0 Å². The first kappa shape index (κ1) is 12.1. The number of nitrogens with one attached hydrogen (secondary N) is 1. The Kier molecular flexibility index (Phi) is 3.17. The van der Waals surface area contributed by atoms with Crippen molar-refractivity contribution in [3.63, 3.8) is 0 Å². The van der Waals surface area contributed by atoms with Crippen molar-refractivity contribution in [1.29, 1.82) is 0 Å². The molecule has 96 valence electrons. The van der Waals surface area contributed by atoms with E-state index in [4.69, 9.17) is 18.0 Å². The number of nitrogens with two attached hydrogens (primary N) is 1. The molecule has 2 bridgehead atoms. The van der Waals surface area contributed by atoms with Gasteiger partial charge in [0.05, 0.1) is 6.21 Å². The zero-order valence-electron chi connectivity index (χ0n) is 10.4. The first-order valence-electron chi connectivity index (χ1n) is 6.32. The third kappa shape index (κ3) is 2.31. The van der Waals surface area contributed by atoms with Gasteiger partial charge >= 0.3 is 0 Å². The van der Waals surface area contributed by atoms with Crippen molar-refractivity contribution < 1.29 is 0 Å². The highest BCUT2D eigenvalue weighted by Crippen LogP contribution is 2.47. The van der Waals surface area contributed by atoms with Crippen molar-refractivity contribution in [2.45, 2.75) is 6.42 Å². The summed E-state index contributed by atoms with van der Waals surface area (Å²) in [7, 11) is 0. The highest BCUT2D eigenvalue weighted by molar-refractivity contribution is 7.80. The van der Waals surface area contributed by atoms with E-state index in [2.05, 4.69) is 46.9 Å². The van der Waals surface area contributed by atoms with Crippen LogP contribution in [0, 0.1) is 11.8 Å². The summed E-state index contributed by atoms with van der Waals surface area (Å²) in [4.78, 5) is 0. The third-order valence-electron chi connectivity index (χ3n) is 3.63. The minimum atomic E-state index is 0.191. The van der Waals surface area contributed by atoms with E-state index in [9.17, 15) is 0 Å². The van der Waals surface area contributed by atoms with Crippen molar-refractivity contribution in [2.24, 2.45) is 22.7 Å². The van der Waals surface area contributed by atoms with E-state index in [-0.39, 0.29) is 5.11 Å². The number of allylic oxidation sites excluding steroid dienone is 4. The number of thiocarbonyl (C=S) groups is 1. The van der Waals surface area contributed by atoms with Crippen molar-refractivity contribution in [3.8, 4) is 0 Å². The van der Waals surface area contributed by atoms with E-state index in [1.807, 2.05) is 12.3 Å². The quantitative estimate of drug-likeness (QED) is 0.383. The smallest absolute Gasteiger partial charge is 0.184 e. The lowest BCUT2D eigenvalue weighted by molar-refractivity contribution is 0.730. The minimum absolute atomic E-state index is 0.191. The Bertz CT molecular complexity index is 587. The van der Waals surface area contributed by atoms with Gasteiger partial charge in [-0.1, -0.05) is 42.5 Å². The second-order valence-electron chi connectivity index (χ2n) is 4.80. The highest BCUT2D eigenvalue weighted by Gasteiger charge is 2.34. The molecule has 0 saturated heterocycles. The number of hydrazone groups is 1. The van der Waals surface area contributed by atoms with Crippen molar-refractivity contribution in [2.75, 3.05) is 0 Å². The maximum Gasteiger partial charge on any atom is 0.184 e. The van der Waals surface area contributed by atoms with E-state index < -0.39 is 0 Å². The van der Waals surface area contributed by atoms with E-state index >= 15 is 0 Å². The van der Waals surface area contributed by atoms with Gasteiger partial charge in [-0.25, -0.2) is 0 Å². The molecule has 1 aromatic rings. The number of fused-ring (bicyclic) bond motifs is 2. The molecule has 2 aliphatic carbocycles. The summed E-state index contributed by atoms with van der Waals surface area (Å²) in [5.74, 6) is 0.982. The zero-order valence-corrected chi connectivity index (χ0v) is 11.2. The lowest BCUT2D eigenvalue weighted by Gasteiger charge is -2.13. The van der Waals surface area contributed by atoms with Crippen LogP contribution in [0.4, 0.5) is 0 Å². The summed E-state index contributed by atoms with van der Waals surface area (Å²) in [5.41, 5.74) is 11.9. The first-order valence-corrected chi connectivity index (χ1v) is 6.73. The van der Waals surface area contributed by atoms with Crippen LogP contribution in [0.1, 0.15) is 12.0 Å². The average Bonchev–Trinajstić information content (AvgIpc) is 3.00. The molecule has 0 unspecified atom stereocenters. The summed E-state index contributed by atoms with van der Waals surface area (Å²) >= 11 is 4.75. The van der Waals surface area contributed by atoms with Crippen LogP contribution < -0.4 is 11.2 Å². The summed E-state index contributed by atoms with van der Waals surface area (Å²) in [6, 6.07) is 10.5. The maximum atomic E-state index is 5.38. The number of benzene rings is 1. The normalized spacial score (nSPS) is 24.4. The van der Waals surface area contributed by atoms with Crippen LogP contribution in [0.15, 0.2) is 53.2 Å². The van der Waals surface area contributed by atoms with E-state index in [1.165, 1.54) is 16.7 Å². The van der Waals surface area contributed by atoms with Gasteiger partial charge < -0.3 is 5.73 Å². The van der Waals surface area contributed by atoms with Gasteiger partial charge in [0.15, 0.2) is 5.11 Å². The van der Waals surface area contributed by atoms with E-state index in [0.717, 1.165) is 6.42 Å². The SMILES string of the molecule is NC(=S)N/N=C\C1=C(c2ccccc2)[C@@H]2C=C[C@H]1C2. The molecular formula is C15H15N3S. The number of nitrogens with zero attached hydrogens (tertiary/aromatic N) is 1. The van der Waals surface area contributed by atoms with Crippen LogP contribution >= 0.6 is 12.2 Å². The second kappa shape index (κ2) is 4.97. The van der Waals surface area contributed by atoms with Gasteiger partial charge in [-0.3, -0.25) is 5.43 Å². The van der Waals surface area contributed by atoms with Gasteiger partial charge in [0.2, 0.25) is 0 Å². The monoisotopic (exact) mass is 269 g/mol. The van der Waals surface area contributed by atoms with Crippen LogP contribution in [0.25, 0.3) is 5.57 Å². The lowest BCUT2D eigenvalue weighted by Crippen LogP contribution is -2.24. The number of hydrogen-bond acceptors (Lipinski definition) is 2. The Balaban J connectivity index is 1.95. The molecule has 0 amide bonds. The lowest BCUT2D eigenvalue weighted by atomic mass is 9.92. The second-order valence-corrected chi connectivity index (χ2v) is 5.24. The van der Waals surface area contributed by atoms with Crippen LogP contribution in [-0.2, 0) is 0 Å². The van der Waals surface area contributed by atoms with Gasteiger partial charge in [-0.2, -0.15) is 5.10 Å². The molecule has 2 atom stereocenters. The van der Waals surface area contributed by atoms with Crippen LogP contribution in [-0.4, -0.2) is 11.3 Å². The number of rotatable bonds is 3. The Morgan fingerprint density at radius 3 is 2.74 bits per heavy atom. The van der Waals surface area contributed by atoms with Gasteiger partial charge in [0.25, 0.3) is 0 Å². The predicted octanol–water partition coefficient (Wildman–Crippen LogP) is 2.47. The van der Waals surface area contributed by atoms with Crippen molar-refractivity contribution >= 4 is 29.1 Å². The molecule has 4 heteroatoms. The molecule has 0 aromatic heterocycles. The Labute approximate surface area is 117 Å². The molecule has 0 saturated carbocycles. The Hall–Kier alpha value is -1.94. The number of hydrogen-bond donors (Lipinski definition) is 2. The molecule has 0 aliphatic heterocycles. The van der Waals surface area contributed by atoms with Gasteiger partial charge in [-0.05, 0) is 35.3 Å². The standard InChI is InChI=1S/C15H15N3S/c16-15(19)18-17-9-13-11-6-7-12(8-11)14(13)10-4-2-1-3-5-10/h1-7,9,11-12H,8H2,(H3,16,18,19)/b17-9-/t11-,12+/m0/s1. The fourth-order valence-electron chi connectivity index (χ4n) is 2.89. The Morgan fingerprint density at radius 1 is 1.26 bits per heavy atom. The molecule has 19 heavy (non-hydrogen) atoms. The fraction of sp³-hybridized carbons (Fsp3) is 0.200. The fourth-order valence-corrected chi connectivity index (χ4v) is 2.94. The van der Waals surface area contributed by atoms with Gasteiger partial charge in [0.1, 0.15) is 0 Å². The van der Waals surface area contributed by atoms with Gasteiger partial charge in [-0.15, -0.1) is 0 Å². The third-order valence-corrected chi connectivity index (χ3v) is 3.72. The molecule has 0 radical (unpaired) electrons. The molecule has 0 spiro atoms. The molecule has 3 N–H and O–H groups in total. The van der Waals surface area contributed by atoms with E-state index in [0.29, 0.717) is 11.8 Å². The summed E-state index contributed by atoms with van der Waals surface area (Å²) in [6.07, 6.45) is 7.57. The Morgan fingerprint density at radius 2 is 2.00 bits per heavy atom. The minimum Gasteiger partial charge on any atom is -0.375 e. The van der Waals surface area contributed by atoms with Crippen molar-refractivity contribution in [1.82, 2.24) is 5.43 Å². The molecule has 3 nitrogen and oxygen atoms in total. The molecule has 2 aliphatic rings. The summed E-state index contributed by atoms with van der Waals surface area (Å²) < 4.78 is 0. The molecule has 1 aromatic carbocycles. The maximum absolute atomic E-state index is 5.38. The summed E-state index contributed by atoms with van der Waals surface area (Å²) in [5, 5.41) is 4.31. The molecular weight excluding hydrogens is 254 g/mol. The van der Waals surface area contributed by atoms with Crippen molar-refractivity contribution in [3.05, 3.63) is 53.6 Å². The predicted molar refractivity (Wildman–Crippen MR) is 82.5 cm³/mol. The van der Waals surface area contributed by atoms with Gasteiger partial charge in [0, 0.05) is 11.8 Å². The summed E-state index contributed by atoms with van der Waals surface area (Å²) in [6.45, 7) is 0. The van der Waals surface area contributed by atoms with Crippen LogP contribution in [0.2, 0.25) is 0 Å². The molecule has 3 rings (SSSR count). The molecule has 0 fully saturated rings. The first-order chi connectivity index (χ1) is 9.25. The van der Waals surface area contributed by atoms with Crippen LogP contribution in [0.3, 0.4) is 0 Å². The topological polar surface area (TPSA) is 50.4 Å². The highest BCUT2D eigenvalue weighted by atomic mass is 32.1. The average molecular weight is 269 g/mol. The zero-order chi connectivity index (χ0) is 13.2. The van der Waals surface area contributed by atoms with E-state index in [1.54, 1.807) is 0 Å². The largest absolute Gasteiger partial charge is 0.375 e.